The average Bonchev–Trinajstić information content (AvgIpc) is 2.32. The Morgan fingerprint density at radius 3 is 2.63 bits per heavy atom. The van der Waals surface area contributed by atoms with E-state index in [2.05, 4.69) is 22.5 Å². The molecule has 0 aromatic heterocycles. The molecule has 104 valence electrons. The molecule has 1 aromatic carbocycles. The van der Waals surface area contributed by atoms with Gasteiger partial charge in [-0.1, -0.05) is 22.0 Å². The summed E-state index contributed by atoms with van der Waals surface area (Å²) in [7, 11) is -3.48. The van der Waals surface area contributed by atoms with Crippen molar-refractivity contribution in [3.8, 4) is 0 Å². The van der Waals surface area contributed by atoms with Gasteiger partial charge in [0, 0.05) is 4.47 Å². The largest absolute Gasteiger partial charge is 0.478 e. The number of carboxylic acid groups (broad SMARTS) is 1. The van der Waals surface area contributed by atoms with Crippen LogP contribution in [0.2, 0.25) is 0 Å². The maximum atomic E-state index is 12.2. The van der Waals surface area contributed by atoms with Crippen molar-refractivity contribution in [1.82, 2.24) is 0 Å². The molecule has 4 nitrogen and oxygen atoms in total. The van der Waals surface area contributed by atoms with Crippen molar-refractivity contribution in [3.05, 3.63) is 40.4 Å². The molecule has 0 aliphatic rings. The number of sulfone groups is 1. The molecule has 0 heterocycles. The van der Waals surface area contributed by atoms with Crippen LogP contribution in [0.15, 0.2) is 34.2 Å². The Morgan fingerprint density at radius 2 is 2.11 bits per heavy atom. The number of hydrogen-bond acceptors (Lipinski definition) is 3. The van der Waals surface area contributed by atoms with Gasteiger partial charge < -0.3 is 5.11 Å². The van der Waals surface area contributed by atoms with Crippen LogP contribution in [0.25, 0.3) is 0 Å². The molecule has 0 fully saturated rings. The van der Waals surface area contributed by atoms with Gasteiger partial charge in [-0.25, -0.2) is 13.2 Å². The Hall–Kier alpha value is -1.14. The van der Waals surface area contributed by atoms with Gasteiger partial charge in [0.1, 0.15) is 0 Å². The SMILES string of the molecule is C=CCCCS(=O)(=O)c1cc(C(=O)O)cc(Br)c1C. The third-order valence-corrected chi connectivity index (χ3v) is 5.44. The highest BCUT2D eigenvalue weighted by molar-refractivity contribution is 9.10. The molecule has 0 radical (unpaired) electrons. The summed E-state index contributed by atoms with van der Waals surface area (Å²) >= 11 is 3.20. The number of benzene rings is 1. The van der Waals surface area contributed by atoms with Crippen molar-refractivity contribution in [2.24, 2.45) is 0 Å². The number of allylic oxidation sites excluding steroid dienone is 1. The fraction of sp³-hybridized carbons (Fsp3) is 0.308. The Bertz CT molecular complexity index is 605. The highest BCUT2D eigenvalue weighted by Crippen LogP contribution is 2.27. The molecule has 1 N–H and O–H groups in total. The summed E-state index contributed by atoms with van der Waals surface area (Å²) in [5.41, 5.74) is 0.489. The zero-order chi connectivity index (χ0) is 14.6. The van der Waals surface area contributed by atoms with Crippen LogP contribution in [0.3, 0.4) is 0 Å². The fourth-order valence-electron chi connectivity index (χ4n) is 1.63. The standard InChI is InChI=1S/C13H15BrO4S/c1-3-4-5-6-19(17,18)12-8-10(13(15)16)7-11(14)9(12)2/h3,7-8H,1,4-6H2,2H3,(H,15,16). The van der Waals surface area contributed by atoms with Gasteiger partial charge in [-0.3, -0.25) is 0 Å². The molecule has 0 spiro atoms. The Morgan fingerprint density at radius 1 is 1.47 bits per heavy atom. The molecule has 6 heteroatoms. The van der Waals surface area contributed by atoms with Crippen LogP contribution in [0.5, 0.6) is 0 Å². The molecule has 0 atom stereocenters. The first-order chi connectivity index (χ1) is 8.79. The minimum Gasteiger partial charge on any atom is -0.478 e. The second-order valence-corrected chi connectivity index (χ2v) is 7.07. The normalized spacial score (nSPS) is 11.3. The summed E-state index contributed by atoms with van der Waals surface area (Å²) in [6, 6.07) is 2.62. The predicted molar refractivity (Wildman–Crippen MR) is 77.3 cm³/mol. The molecule has 0 unspecified atom stereocenters. The van der Waals surface area contributed by atoms with Crippen LogP contribution in [0.1, 0.15) is 28.8 Å². The fourth-order valence-corrected chi connectivity index (χ4v) is 3.87. The highest BCUT2D eigenvalue weighted by Gasteiger charge is 2.20. The molecule has 0 aliphatic heterocycles. The van der Waals surface area contributed by atoms with Crippen LogP contribution in [-0.4, -0.2) is 25.2 Å². The third-order valence-electron chi connectivity index (χ3n) is 2.70. The third kappa shape index (κ3) is 3.91. The van der Waals surface area contributed by atoms with Gasteiger partial charge in [-0.15, -0.1) is 6.58 Å². The summed E-state index contributed by atoms with van der Waals surface area (Å²) in [6.45, 7) is 5.19. The lowest BCUT2D eigenvalue weighted by molar-refractivity contribution is 0.0696. The van der Waals surface area contributed by atoms with Crippen molar-refractivity contribution >= 4 is 31.7 Å². The summed E-state index contributed by atoms with van der Waals surface area (Å²) in [5.74, 6) is -1.17. The van der Waals surface area contributed by atoms with E-state index in [0.717, 1.165) is 0 Å². The van der Waals surface area contributed by atoms with Gasteiger partial charge in [0.05, 0.1) is 16.2 Å². The number of carboxylic acids is 1. The summed E-state index contributed by atoms with van der Waals surface area (Å²) in [6.07, 6.45) is 2.74. The van der Waals surface area contributed by atoms with Gasteiger partial charge >= 0.3 is 5.97 Å². The van der Waals surface area contributed by atoms with Gasteiger partial charge in [0.2, 0.25) is 0 Å². The smallest absolute Gasteiger partial charge is 0.335 e. The van der Waals surface area contributed by atoms with Crippen molar-refractivity contribution in [3.63, 3.8) is 0 Å². The second-order valence-electron chi connectivity index (χ2n) is 4.14. The van der Waals surface area contributed by atoms with Crippen molar-refractivity contribution in [2.75, 3.05) is 5.75 Å². The minimum atomic E-state index is -3.48. The second kappa shape index (κ2) is 6.34. The van der Waals surface area contributed by atoms with E-state index in [1.54, 1.807) is 13.0 Å². The van der Waals surface area contributed by atoms with Crippen molar-refractivity contribution < 1.29 is 18.3 Å². The lowest BCUT2D eigenvalue weighted by Crippen LogP contribution is -2.10. The minimum absolute atomic E-state index is 0.0185. The predicted octanol–water partition coefficient (Wildman–Crippen LogP) is 3.20. The van der Waals surface area contributed by atoms with Crippen molar-refractivity contribution in [1.29, 1.82) is 0 Å². The topological polar surface area (TPSA) is 71.4 Å². The number of unbranched alkanes of at least 4 members (excludes halogenated alkanes) is 1. The summed E-state index contributed by atoms with van der Waals surface area (Å²) in [5, 5.41) is 8.98. The Balaban J connectivity index is 3.25. The van der Waals surface area contributed by atoms with Crippen LogP contribution in [0, 0.1) is 6.92 Å². The van der Waals surface area contributed by atoms with E-state index in [-0.39, 0.29) is 16.2 Å². The molecule has 0 bridgehead atoms. The maximum Gasteiger partial charge on any atom is 0.335 e. The molecular formula is C13H15BrO4S. The lowest BCUT2D eigenvalue weighted by Gasteiger charge is -2.10. The molecule has 0 amide bonds. The number of rotatable bonds is 6. The Labute approximate surface area is 121 Å². The quantitative estimate of drug-likeness (QED) is 0.634. The highest BCUT2D eigenvalue weighted by atomic mass is 79.9. The first kappa shape index (κ1) is 15.9. The van der Waals surface area contributed by atoms with Crippen LogP contribution in [0.4, 0.5) is 0 Å². The van der Waals surface area contributed by atoms with Gasteiger partial charge in [-0.2, -0.15) is 0 Å². The van der Waals surface area contributed by atoms with Gasteiger partial charge in [0.15, 0.2) is 9.84 Å². The molecule has 0 saturated carbocycles. The zero-order valence-electron chi connectivity index (χ0n) is 10.5. The van der Waals surface area contributed by atoms with Crippen molar-refractivity contribution in [2.45, 2.75) is 24.7 Å². The summed E-state index contributed by atoms with van der Waals surface area (Å²) in [4.78, 5) is 11.0. The zero-order valence-corrected chi connectivity index (χ0v) is 12.9. The molecule has 1 aromatic rings. The van der Waals surface area contributed by atoms with E-state index in [9.17, 15) is 13.2 Å². The van der Waals surface area contributed by atoms with E-state index in [4.69, 9.17) is 5.11 Å². The summed E-state index contributed by atoms with van der Waals surface area (Å²) < 4.78 is 24.9. The average molecular weight is 347 g/mol. The molecular weight excluding hydrogens is 332 g/mol. The molecule has 19 heavy (non-hydrogen) atoms. The van der Waals surface area contributed by atoms with Gasteiger partial charge in [-0.05, 0) is 37.5 Å². The lowest BCUT2D eigenvalue weighted by atomic mass is 10.1. The van der Waals surface area contributed by atoms with E-state index in [1.807, 2.05) is 0 Å². The number of aromatic carboxylic acids is 1. The van der Waals surface area contributed by atoms with E-state index >= 15 is 0 Å². The number of hydrogen-bond donors (Lipinski definition) is 1. The maximum absolute atomic E-state index is 12.2. The van der Waals surface area contributed by atoms with Crippen LogP contribution < -0.4 is 0 Å². The molecule has 0 saturated heterocycles. The van der Waals surface area contributed by atoms with E-state index in [1.165, 1.54) is 12.1 Å². The first-order valence-corrected chi connectivity index (χ1v) is 8.11. The van der Waals surface area contributed by atoms with E-state index in [0.29, 0.717) is 22.9 Å². The monoisotopic (exact) mass is 346 g/mol. The molecule has 1 rings (SSSR count). The van der Waals surface area contributed by atoms with E-state index < -0.39 is 15.8 Å². The van der Waals surface area contributed by atoms with Crippen LogP contribution >= 0.6 is 15.9 Å². The number of carbonyl (C=O) groups is 1. The number of halogens is 1. The van der Waals surface area contributed by atoms with Gasteiger partial charge in [0.25, 0.3) is 0 Å². The molecule has 0 aliphatic carbocycles. The first-order valence-electron chi connectivity index (χ1n) is 5.66. The Kier molecular flexibility index (Phi) is 5.31. The van der Waals surface area contributed by atoms with Crippen LogP contribution in [-0.2, 0) is 9.84 Å².